The zero-order valence-corrected chi connectivity index (χ0v) is 12.8. The third-order valence-electron chi connectivity index (χ3n) is 2.65. The Morgan fingerprint density at radius 2 is 1.57 bits per heavy atom. The Morgan fingerprint density at radius 1 is 0.957 bits per heavy atom. The standard InChI is InChI=1S/C12H9NO8S2/c14-13(15)12-10(7-4-8-11(12)22(16,17)18)21-23(19,20)9-5-2-1-3-6-9/h1-8H,(H,16,17,18). The topological polar surface area (TPSA) is 141 Å². The van der Waals surface area contributed by atoms with E-state index in [9.17, 15) is 26.9 Å². The smallest absolute Gasteiger partial charge is 0.339 e. The van der Waals surface area contributed by atoms with Crippen molar-refractivity contribution in [1.82, 2.24) is 0 Å². The quantitative estimate of drug-likeness (QED) is 0.367. The van der Waals surface area contributed by atoms with Gasteiger partial charge in [0.25, 0.3) is 0 Å². The Balaban J connectivity index is 2.60. The van der Waals surface area contributed by atoms with E-state index >= 15 is 0 Å². The van der Waals surface area contributed by atoms with Gasteiger partial charge in [-0.1, -0.05) is 24.3 Å². The lowest BCUT2D eigenvalue weighted by Gasteiger charge is -2.08. The first kappa shape index (κ1) is 16.9. The summed E-state index contributed by atoms with van der Waals surface area (Å²) in [7, 11) is -9.35. The minimum Gasteiger partial charge on any atom is -0.372 e. The van der Waals surface area contributed by atoms with E-state index in [0.29, 0.717) is 0 Å². The van der Waals surface area contributed by atoms with Crippen LogP contribution in [-0.2, 0) is 20.2 Å². The lowest BCUT2D eigenvalue weighted by molar-refractivity contribution is -0.388. The van der Waals surface area contributed by atoms with Gasteiger partial charge < -0.3 is 4.18 Å². The van der Waals surface area contributed by atoms with Crippen LogP contribution in [0.4, 0.5) is 5.69 Å². The molecule has 2 aromatic carbocycles. The van der Waals surface area contributed by atoms with Crippen LogP contribution in [0, 0.1) is 10.1 Å². The van der Waals surface area contributed by atoms with Gasteiger partial charge in [0, 0.05) is 0 Å². The number of rotatable bonds is 5. The molecule has 1 N–H and O–H groups in total. The fourth-order valence-electron chi connectivity index (χ4n) is 1.71. The molecule has 0 bridgehead atoms. The Kier molecular flexibility index (Phi) is 4.36. The molecule has 0 atom stereocenters. The molecular formula is C12H9NO8S2. The molecule has 0 aliphatic carbocycles. The number of nitrogens with zero attached hydrogens (tertiary/aromatic N) is 1. The van der Waals surface area contributed by atoms with Crippen molar-refractivity contribution in [1.29, 1.82) is 0 Å². The van der Waals surface area contributed by atoms with Gasteiger partial charge in [0.2, 0.25) is 5.75 Å². The van der Waals surface area contributed by atoms with Crippen molar-refractivity contribution in [2.24, 2.45) is 0 Å². The molecule has 0 aliphatic rings. The van der Waals surface area contributed by atoms with Gasteiger partial charge in [0.05, 0.1) is 4.92 Å². The van der Waals surface area contributed by atoms with Crippen LogP contribution in [0.2, 0.25) is 0 Å². The second-order valence-electron chi connectivity index (χ2n) is 4.19. The molecule has 0 heterocycles. The van der Waals surface area contributed by atoms with Crippen molar-refractivity contribution in [2.45, 2.75) is 9.79 Å². The largest absolute Gasteiger partial charge is 0.372 e. The van der Waals surface area contributed by atoms with Crippen LogP contribution in [0.1, 0.15) is 0 Å². The minimum atomic E-state index is -4.94. The lowest BCUT2D eigenvalue weighted by atomic mass is 10.3. The van der Waals surface area contributed by atoms with Gasteiger partial charge in [0.1, 0.15) is 4.90 Å². The average molecular weight is 359 g/mol. The highest BCUT2D eigenvalue weighted by atomic mass is 32.2. The van der Waals surface area contributed by atoms with Crippen molar-refractivity contribution in [2.75, 3.05) is 0 Å². The van der Waals surface area contributed by atoms with Crippen LogP contribution < -0.4 is 4.18 Å². The summed E-state index contributed by atoms with van der Waals surface area (Å²) in [5, 5.41) is 11.1. The molecule has 0 radical (unpaired) electrons. The highest BCUT2D eigenvalue weighted by molar-refractivity contribution is 7.87. The molecule has 0 aromatic heterocycles. The first-order valence-electron chi connectivity index (χ1n) is 5.87. The second kappa shape index (κ2) is 5.95. The Hall–Kier alpha value is -2.50. The van der Waals surface area contributed by atoms with E-state index < -0.39 is 41.5 Å². The molecule has 0 saturated carbocycles. The highest BCUT2D eigenvalue weighted by Gasteiger charge is 2.31. The summed E-state index contributed by atoms with van der Waals surface area (Å²) in [4.78, 5) is 8.57. The molecule has 0 fully saturated rings. The summed E-state index contributed by atoms with van der Waals surface area (Å²) in [6, 6.07) is 9.47. The molecule has 11 heteroatoms. The molecular weight excluding hydrogens is 350 g/mol. The van der Waals surface area contributed by atoms with Gasteiger partial charge in [-0.15, -0.1) is 0 Å². The molecule has 23 heavy (non-hydrogen) atoms. The molecule has 0 saturated heterocycles. The van der Waals surface area contributed by atoms with Crippen LogP contribution in [-0.4, -0.2) is 26.3 Å². The molecule has 0 aliphatic heterocycles. The van der Waals surface area contributed by atoms with Crippen molar-refractivity contribution in [3.8, 4) is 5.75 Å². The maximum atomic E-state index is 12.1. The van der Waals surface area contributed by atoms with Gasteiger partial charge in [-0.25, -0.2) is 0 Å². The van der Waals surface area contributed by atoms with Gasteiger partial charge in [-0.05, 0) is 24.3 Å². The van der Waals surface area contributed by atoms with Gasteiger partial charge >= 0.3 is 25.9 Å². The summed E-state index contributed by atoms with van der Waals surface area (Å²) in [5.41, 5.74) is -1.17. The van der Waals surface area contributed by atoms with Gasteiger partial charge in [0.15, 0.2) is 4.90 Å². The Labute approximate surface area is 131 Å². The van der Waals surface area contributed by atoms with E-state index in [1.807, 2.05) is 0 Å². The van der Waals surface area contributed by atoms with Crippen molar-refractivity contribution in [3.05, 3.63) is 58.6 Å². The molecule has 0 amide bonds. The zero-order chi connectivity index (χ0) is 17.3. The van der Waals surface area contributed by atoms with E-state index in [1.165, 1.54) is 24.3 Å². The molecule has 0 spiro atoms. The second-order valence-corrected chi connectivity index (χ2v) is 7.12. The van der Waals surface area contributed by atoms with Crippen LogP contribution in [0.15, 0.2) is 58.3 Å². The molecule has 9 nitrogen and oxygen atoms in total. The maximum absolute atomic E-state index is 12.1. The summed E-state index contributed by atoms with van der Waals surface area (Å²) >= 11 is 0. The number of nitro benzene ring substituents is 1. The van der Waals surface area contributed by atoms with E-state index in [-0.39, 0.29) is 4.90 Å². The Morgan fingerprint density at radius 3 is 2.09 bits per heavy atom. The zero-order valence-electron chi connectivity index (χ0n) is 11.2. The van der Waals surface area contributed by atoms with Crippen molar-refractivity contribution in [3.63, 3.8) is 0 Å². The van der Waals surface area contributed by atoms with Crippen LogP contribution in [0.3, 0.4) is 0 Å². The maximum Gasteiger partial charge on any atom is 0.339 e. The average Bonchev–Trinajstić information content (AvgIpc) is 2.46. The third-order valence-corrected chi connectivity index (χ3v) is 4.79. The third kappa shape index (κ3) is 3.64. The summed E-state index contributed by atoms with van der Waals surface area (Å²) in [5.74, 6) is -0.825. The highest BCUT2D eigenvalue weighted by Crippen LogP contribution is 2.35. The van der Waals surface area contributed by atoms with E-state index in [1.54, 1.807) is 6.07 Å². The fraction of sp³-hybridized carbons (Fsp3) is 0. The van der Waals surface area contributed by atoms with E-state index in [2.05, 4.69) is 4.18 Å². The van der Waals surface area contributed by atoms with Gasteiger partial charge in [-0.2, -0.15) is 16.8 Å². The number of benzene rings is 2. The molecule has 2 rings (SSSR count). The van der Waals surface area contributed by atoms with Crippen molar-refractivity contribution < 1.29 is 30.5 Å². The van der Waals surface area contributed by atoms with Crippen LogP contribution in [0.25, 0.3) is 0 Å². The molecule has 0 unspecified atom stereocenters. The first-order chi connectivity index (χ1) is 10.6. The first-order valence-corrected chi connectivity index (χ1v) is 8.72. The summed E-state index contributed by atoms with van der Waals surface area (Å²) in [6.07, 6.45) is 0. The minimum absolute atomic E-state index is 0.272. The van der Waals surface area contributed by atoms with Crippen LogP contribution >= 0.6 is 0 Å². The fourth-order valence-corrected chi connectivity index (χ4v) is 3.34. The van der Waals surface area contributed by atoms with E-state index in [4.69, 9.17) is 4.55 Å². The summed E-state index contributed by atoms with van der Waals surface area (Å²) < 4.78 is 60.2. The SMILES string of the molecule is O=[N+]([O-])c1c(OS(=O)(=O)c2ccccc2)cccc1S(=O)(=O)O. The number of nitro groups is 1. The Bertz CT molecular complexity index is 952. The predicted octanol–water partition coefficient (Wildman–Crippen LogP) is 1.61. The normalized spacial score (nSPS) is 11.9. The predicted molar refractivity (Wildman–Crippen MR) is 77.2 cm³/mol. The molecule has 122 valence electrons. The van der Waals surface area contributed by atoms with E-state index in [0.717, 1.165) is 18.2 Å². The molecule has 2 aromatic rings. The number of hydrogen-bond acceptors (Lipinski definition) is 7. The number of hydrogen-bond donors (Lipinski definition) is 1. The monoisotopic (exact) mass is 359 g/mol. The number of para-hydroxylation sites is 1. The van der Waals surface area contributed by atoms with Gasteiger partial charge in [-0.3, -0.25) is 14.7 Å². The lowest BCUT2D eigenvalue weighted by Crippen LogP contribution is -2.12. The van der Waals surface area contributed by atoms with Crippen LogP contribution in [0.5, 0.6) is 5.75 Å². The summed E-state index contributed by atoms with van der Waals surface area (Å²) in [6.45, 7) is 0. The van der Waals surface area contributed by atoms with Crippen molar-refractivity contribution >= 4 is 25.9 Å².